The topological polar surface area (TPSA) is 56.8 Å². The first-order valence-electron chi connectivity index (χ1n) is 5.21. The van der Waals surface area contributed by atoms with Crippen LogP contribution in [0.25, 0.3) is 0 Å². The fraction of sp³-hybridized carbons (Fsp3) is 0.364. The van der Waals surface area contributed by atoms with Crippen molar-refractivity contribution in [3.63, 3.8) is 0 Å². The van der Waals surface area contributed by atoms with Crippen LogP contribution in [0.4, 0.5) is 0 Å². The molecule has 0 saturated heterocycles. The minimum absolute atomic E-state index is 0.246. The molecule has 1 amide bonds. The van der Waals surface area contributed by atoms with E-state index in [2.05, 4.69) is 5.48 Å². The first kappa shape index (κ1) is 16.3. The number of hydroxylamine groups is 1. The number of amides is 1. The first-order chi connectivity index (χ1) is 9.04. The summed E-state index contributed by atoms with van der Waals surface area (Å²) in [4.78, 5) is 16.2. The molecule has 0 fully saturated rings. The van der Waals surface area contributed by atoms with E-state index < -0.39 is 5.91 Å². The van der Waals surface area contributed by atoms with Crippen LogP contribution in [0.15, 0.2) is 12.1 Å². The average Bonchev–Trinajstić information content (AvgIpc) is 2.37. The van der Waals surface area contributed by atoms with Crippen molar-refractivity contribution in [1.29, 1.82) is 0 Å². The molecule has 5 nitrogen and oxygen atoms in total. The van der Waals surface area contributed by atoms with E-state index in [-0.39, 0.29) is 29.0 Å². The number of rotatable bonds is 7. The van der Waals surface area contributed by atoms with Gasteiger partial charge in [-0.1, -0.05) is 34.8 Å². The van der Waals surface area contributed by atoms with Crippen LogP contribution in [0, 0.1) is 0 Å². The molecular formula is C11H12Cl3NO4. The minimum Gasteiger partial charge on any atom is -0.482 e. The molecule has 0 saturated carbocycles. The highest BCUT2D eigenvalue weighted by Gasteiger charge is 2.09. The van der Waals surface area contributed by atoms with Crippen molar-refractivity contribution in [3.05, 3.63) is 27.2 Å². The smallest absolute Gasteiger partial charge is 0.281 e. The summed E-state index contributed by atoms with van der Waals surface area (Å²) in [5.74, 6) is -0.193. The van der Waals surface area contributed by atoms with Gasteiger partial charge >= 0.3 is 0 Å². The van der Waals surface area contributed by atoms with Gasteiger partial charge in [0.25, 0.3) is 5.91 Å². The zero-order chi connectivity index (χ0) is 14.3. The summed E-state index contributed by atoms with van der Waals surface area (Å²) >= 11 is 17.5. The third-order valence-electron chi connectivity index (χ3n) is 1.91. The van der Waals surface area contributed by atoms with Gasteiger partial charge in [0.05, 0.1) is 28.3 Å². The standard InChI is InChI=1S/C11H12Cl3NO4/c1-17-2-3-19-15-11(16)6-18-10-5-8(13)7(12)4-9(10)14/h4-5H,2-3,6H2,1H3,(H,15,16). The molecule has 0 atom stereocenters. The molecule has 1 N–H and O–H groups in total. The number of carbonyl (C=O) groups excluding carboxylic acids is 1. The fourth-order valence-corrected chi connectivity index (χ4v) is 1.64. The Hall–Kier alpha value is -0.720. The largest absolute Gasteiger partial charge is 0.482 e. The maximum absolute atomic E-state index is 11.3. The van der Waals surface area contributed by atoms with Crippen LogP contribution in [0.5, 0.6) is 5.75 Å². The van der Waals surface area contributed by atoms with Gasteiger partial charge in [-0.3, -0.25) is 9.63 Å². The molecular weight excluding hydrogens is 316 g/mol. The van der Waals surface area contributed by atoms with E-state index in [0.717, 1.165) is 0 Å². The van der Waals surface area contributed by atoms with E-state index in [1.165, 1.54) is 19.2 Å². The number of benzene rings is 1. The van der Waals surface area contributed by atoms with E-state index in [1.807, 2.05) is 0 Å². The third kappa shape index (κ3) is 5.84. The van der Waals surface area contributed by atoms with Gasteiger partial charge in [0.15, 0.2) is 6.61 Å². The highest BCUT2D eigenvalue weighted by molar-refractivity contribution is 6.43. The Morgan fingerprint density at radius 2 is 1.84 bits per heavy atom. The van der Waals surface area contributed by atoms with Crippen LogP contribution < -0.4 is 10.2 Å². The predicted octanol–water partition coefficient (Wildman–Crippen LogP) is 2.72. The highest BCUT2D eigenvalue weighted by atomic mass is 35.5. The summed E-state index contributed by atoms with van der Waals surface area (Å²) < 4.78 is 9.93. The number of hydrogen-bond donors (Lipinski definition) is 1. The van der Waals surface area contributed by atoms with Crippen molar-refractivity contribution in [1.82, 2.24) is 5.48 Å². The molecule has 0 aliphatic rings. The summed E-state index contributed by atoms with van der Waals surface area (Å²) in [6, 6.07) is 2.87. The second kappa shape index (κ2) is 8.45. The minimum atomic E-state index is -0.460. The van der Waals surface area contributed by atoms with Gasteiger partial charge in [-0.25, -0.2) is 5.48 Å². The highest BCUT2D eigenvalue weighted by Crippen LogP contribution is 2.33. The number of nitrogens with one attached hydrogen (secondary N) is 1. The van der Waals surface area contributed by atoms with E-state index in [4.69, 9.17) is 49.1 Å². The SMILES string of the molecule is COCCONC(=O)COc1cc(Cl)c(Cl)cc1Cl. The molecule has 1 rings (SSSR count). The molecule has 0 unspecified atom stereocenters. The summed E-state index contributed by atoms with van der Waals surface area (Å²) in [6.45, 7) is 0.361. The average molecular weight is 329 g/mol. The Morgan fingerprint density at radius 1 is 1.16 bits per heavy atom. The maximum atomic E-state index is 11.3. The van der Waals surface area contributed by atoms with Gasteiger partial charge in [-0.05, 0) is 6.07 Å². The molecule has 0 aromatic heterocycles. The number of ether oxygens (including phenoxy) is 2. The molecule has 8 heteroatoms. The second-order valence-electron chi connectivity index (χ2n) is 3.35. The van der Waals surface area contributed by atoms with Crippen LogP contribution in [-0.4, -0.2) is 32.8 Å². The van der Waals surface area contributed by atoms with Gasteiger partial charge < -0.3 is 9.47 Å². The van der Waals surface area contributed by atoms with Crippen molar-refractivity contribution in [2.24, 2.45) is 0 Å². The van der Waals surface area contributed by atoms with Crippen molar-refractivity contribution in [2.75, 3.05) is 26.9 Å². The molecule has 0 bridgehead atoms. The molecule has 0 aliphatic heterocycles. The zero-order valence-corrected chi connectivity index (χ0v) is 12.3. The third-order valence-corrected chi connectivity index (χ3v) is 2.93. The van der Waals surface area contributed by atoms with Crippen molar-refractivity contribution in [3.8, 4) is 5.75 Å². The number of hydrogen-bond acceptors (Lipinski definition) is 4. The molecule has 0 radical (unpaired) electrons. The molecule has 1 aromatic carbocycles. The molecule has 1 aromatic rings. The lowest BCUT2D eigenvalue weighted by molar-refractivity contribution is -0.136. The lowest BCUT2D eigenvalue weighted by atomic mass is 10.3. The Labute approximate surface area is 125 Å². The summed E-state index contributed by atoms with van der Waals surface area (Å²) in [6.07, 6.45) is 0. The number of methoxy groups -OCH3 is 1. The quantitative estimate of drug-likeness (QED) is 0.475. The van der Waals surface area contributed by atoms with Gasteiger partial charge in [-0.15, -0.1) is 0 Å². The number of carbonyl (C=O) groups is 1. The predicted molar refractivity (Wildman–Crippen MR) is 72.9 cm³/mol. The fourth-order valence-electron chi connectivity index (χ4n) is 1.04. The van der Waals surface area contributed by atoms with Crippen LogP contribution in [0.1, 0.15) is 0 Å². The summed E-state index contributed by atoms with van der Waals surface area (Å²) in [5, 5.41) is 0.867. The Kier molecular flexibility index (Phi) is 7.27. The molecule has 0 spiro atoms. The lowest BCUT2D eigenvalue weighted by Gasteiger charge is -2.09. The Morgan fingerprint density at radius 3 is 2.53 bits per heavy atom. The van der Waals surface area contributed by atoms with Gasteiger partial charge in [0.1, 0.15) is 5.75 Å². The Bertz CT molecular complexity index is 442. The van der Waals surface area contributed by atoms with Gasteiger partial charge in [0, 0.05) is 13.2 Å². The molecule has 19 heavy (non-hydrogen) atoms. The normalized spacial score (nSPS) is 10.3. The van der Waals surface area contributed by atoms with E-state index in [1.54, 1.807) is 0 Å². The molecule has 106 valence electrons. The first-order valence-corrected chi connectivity index (χ1v) is 6.35. The van der Waals surface area contributed by atoms with E-state index in [9.17, 15) is 4.79 Å². The zero-order valence-electron chi connectivity index (χ0n) is 10.0. The molecule has 0 heterocycles. The van der Waals surface area contributed by atoms with Crippen LogP contribution >= 0.6 is 34.8 Å². The molecule has 0 aliphatic carbocycles. The van der Waals surface area contributed by atoms with Crippen LogP contribution in [0.3, 0.4) is 0 Å². The lowest BCUT2D eigenvalue weighted by Crippen LogP contribution is -2.30. The van der Waals surface area contributed by atoms with Crippen LogP contribution in [0.2, 0.25) is 15.1 Å². The second-order valence-corrected chi connectivity index (χ2v) is 4.57. The van der Waals surface area contributed by atoms with Crippen molar-refractivity contribution >= 4 is 40.7 Å². The van der Waals surface area contributed by atoms with Gasteiger partial charge in [0.2, 0.25) is 0 Å². The van der Waals surface area contributed by atoms with Crippen molar-refractivity contribution in [2.45, 2.75) is 0 Å². The Balaban J connectivity index is 2.40. The van der Waals surface area contributed by atoms with Gasteiger partial charge in [-0.2, -0.15) is 0 Å². The van der Waals surface area contributed by atoms with E-state index in [0.29, 0.717) is 11.6 Å². The monoisotopic (exact) mass is 327 g/mol. The van der Waals surface area contributed by atoms with E-state index >= 15 is 0 Å². The van der Waals surface area contributed by atoms with Crippen LogP contribution in [-0.2, 0) is 14.4 Å². The van der Waals surface area contributed by atoms with Crippen molar-refractivity contribution < 1.29 is 19.1 Å². The number of halogens is 3. The maximum Gasteiger partial charge on any atom is 0.281 e. The summed E-state index contributed by atoms with van der Waals surface area (Å²) in [7, 11) is 1.53. The summed E-state index contributed by atoms with van der Waals surface area (Å²) in [5.41, 5.74) is 2.19.